The van der Waals surface area contributed by atoms with Crippen molar-refractivity contribution in [2.75, 3.05) is 0 Å². The summed E-state index contributed by atoms with van der Waals surface area (Å²) in [5, 5.41) is 2.32. The van der Waals surface area contributed by atoms with E-state index in [0.29, 0.717) is 12.1 Å². The Morgan fingerprint density at radius 2 is 1.92 bits per heavy atom. The summed E-state index contributed by atoms with van der Waals surface area (Å²) in [6.45, 7) is 3.27. The Labute approximate surface area is 142 Å². The Balaban J connectivity index is 2.34. The Bertz CT molecular complexity index is 763. The third-order valence-corrected chi connectivity index (χ3v) is 5.47. The lowest BCUT2D eigenvalue weighted by Gasteiger charge is -2.39. The van der Waals surface area contributed by atoms with E-state index in [1.165, 1.54) is 0 Å². The predicted molar refractivity (Wildman–Crippen MR) is 82.0 cm³/mol. The van der Waals surface area contributed by atoms with Crippen molar-refractivity contribution in [3.05, 3.63) is 28.8 Å². The number of amides is 1. The fourth-order valence-corrected chi connectivity index (χ4v) is 4.28. The van der Waals surface area contributed by atoms with Gasteiger partial charge in [-0.3, -0.25) is 4.79 Å². The molecule has 24 heavy (non-hydrogen) atoms. The highest BCUT2D eigenvalue weighted by molar-refractivity contribution is 7.89. The first-order valence-corrected chi connectivity index (χ1v) is 8.88. The van der Waals surface area contributed by atoms with E-state index in [1.54, 1.807) is 13.8 Å². The molecule has 1 fully saturated rings. The highest BCUT2D eigenvalue weighted by Crippen LogP contribution is 2.33. The molecule has 1 saturated heterocycles. The van der Waals surface area contributed by atoms with Gasteiger partial charge in [0.1, 0.15) is 0 Å². The molecule has 1 unspecified atom stereocenters. The maximum Gasteiger partial charge on any atom is 0.416 e. The molecular formula is C14H16ClF3N2O3S. The van der Waals surface area contributed by atoms with Crippen molar-refractivity contribution in [2.24, 2.45) is 0 Å². The molecule has 1 atom stereocenters. The first-order chi connectivity index (χ1) is 10.8. The molecule has 0 aromatic heterocycles. The standard InChI is InChI=1S/C14H16ClF3N2O3S/c1-13(2)11(3-4-12(21)19-13)20-24(22,23)10-6-8(14(16,17)18)5-9(15)7-10/h5-7,11,20H,3-4H2,1-2H3,(H,19,21). The van der Waals surface area contributed by atoms with E-state index in [1.807, 2.05) is 0 Å². The average Bonchev–Trinajstić information content (AvgIpc) is 2.39. The number of piperidine rings is 1. The summed E-state index contributed by atoms with van der Waals surface area (Å²) in [6, 6.07) is 1.48. The van der Waals surface area contributed by atoms with Gasteiger partial charge >= 0.3 is 6.18 Å². The summed E-state index contributed by atoms with van der Waals surface area (Å²) in [5.74, 6) is -0.211. The largest absolute Gasteiger partial charge is 0.416 e. The molecule has 1 aliphatic heterocycles. The van der Waals surface area contributed by atoms with Crippen LogP contribution in [-0.4, -0.2) is 25.9 Å². The van der Waals surface area contributed by atoms with E-state index in [4.69, 9.17) is 11.6 Å². The van der Waals surface area contributed by atoms with E-state index in [2.05, 4.69) is 10.0 Å². The SMILES string of the molecule is CC1(C)NC(=O)CCC1NS(=O)(=O)c1cc(Cl)cc(C(F)(F)F)c1. The molecule has 1 aromatic rings. The van der Waals surface area contributed by atoms with Crippen LogP contribution in [0.5, 0.6) is 0 Å². The second-order valence-corrected chi connectivity index (χ2v) is 8.31. The molecule has 1 aliphatic rings. The highest BCUT2D eigenvalue weighted by atomic mass is 35.5. The Morgan fingerprint density at radius 1 is 1.29 bits per heavy atom. The summed E-state index contributed by atoms with van der Waals surface area (Å²) < 4.78 is 65.8. The number of carbonyl (C=O) groups is 1. The molecular weight excluding hydrogens is 369 g/mol. The van der Waals surface area contributed by atoms with Crippen LogP contribution in [0.1, 0.15) is 32.3 Å². The van der Waals surface area contributed by atoms with Crippen molar-refractivity contribution in [3.8, 4) is 0 Å². The fourth-order valence-electron chi connectivity index (χ4n) is 2.49. The van der Waals surface area contributed by atoms with Gasteiger partial charge in [-0.1, -0.05) is 11.6 Å². The summed E-state index contributed by atoms with van der Waals surface area (Å²) in [7, 11) is -4.24. The van der Waals surface area contributed by atoms with Gasteiger partial charge in [0.15, 0.2) is 0 Å². The predicted octanol–water partition coefficient (Wildman–Crippen LogP) is 2.69. The van der Waals surface area contributed by atoms with Crippen LogP contribution in [0.25, 0.3) is 0 Å². The minimum absolute atomic E-state index is 0.125. The van der Waals surface area contributed by atoms with Crippen molar-refractivity contribution in [1.29, 1.82) is 0 Å². The van der Waals surface area contributed by atoms with Crippen LogP contribution in [0.2, 0.25) is 5.02 Å². The molecule has 2 N–H and O–H groups in total. The average molecular weight is 385 g/mol. The minimum Gasteiger partial charge on any atom is -0.350 e. The first kappa shape index (κ1) is 19.0. The van der Waals surface area contributed by atoms with Crippen LogP contribution in [0, 0.1) is 0 Å². The number of sulfonamides is 1. The molecule has 0 aliphatic carbocycles. The van der Waals surface area contributed by atoms with Gasteiger partial charge < -0.3 is 5.32 Å². The van der Waals surface area contributed by atoms with Gasteiger partial charge in [-0.05, 0) is 38.5 Å². The minimum atomic E-state index is -4.72. The topological polar surface area (TPSA) is 75.3 Å². The van der Waals surface area contributed by atoms with Gasteiger partial charge in [0.2, 0.25) is 15.9 Å². The number of rotatable bonds is 3. The second kappa shape index (κ2) is 6.20. The summed E-state index contributed by atoms with van der Waals surface area (Å²) in [4.78, 5) is 10.9. The Kier molecular flexibility index (Phi) is 4.91. The number of carbonyl (C=O) groups excluding carboxylic acids is 1. The fraction of sp³-hybridized carbons (Fsp3) is 0.500. The zero-order chi connectivity index (χ0) is 18.3. The summed E-state index contributed by atoms with van der Waals surface area (Å²) >= 11 is 5.63. The molecule has 5 nitrogen and oxygen atoms in total. The number of halogens is 4. The molecule has 0 bridgehead atoms. The number of alkyl halides is 3. The normalized spacial score (nSPS) is 21.4. The molecule has 1 heterocycles. The zero-order valence-electron chi connectivity index (χ0n) is 12.9. The number of benzene rings is 1. The van der Waals surface area contributed by atoms with Gasteiger partial charge in [-0.25, -0.2) is 13.1 Å². The van der Waals surface area contributed by atoms with Gasteiger partial charge in [-0.15, -0.1) is 0 Å². The van der Waals surface area contributed by atoms with E-state index < -0.39 is 38.2 Å². The molecule has 2 rings (SSSR count). The maximum absolute atomic E-state index is 12.8. The van der Waals surface area contributed by atoms with Crippen molar-refractivity contribution in [3.63, 3.8) is 0 Å². The monoisotopic (exact) mass is 384 g/mol. The summed E-state index contributed by atoms with van der Waals surface area (Å²) in [6.07, 6.45) is -4.35. The zero-order valence-corrected chi connectivity index (χ0v) is 14.4. The van der Waals surface area contributed by atoms with Crippen molar-refractivity contribution >= 4 is 27.5 Å². The van der Waals surface area contributed by atoms with Crippen molar-refractivity contribution in [1.82, 2.24) is 10.0 Å². The molecule has 0 saturated carbocycles. The smallest absolute Gasteiger partial charge is 0.350 e. The molecule has 0 spiro atoms. The molecule has 0 radical (unpaired) electrons. The lowest BCUT2D eigenvalue weighted by Crippen LogP contribution is -2.61. The van der Waals surface area contributed by atoms with Gasteiger partial charge in [-0.2, -0.15) is 13.2 Å². The van der Waals surface area contributed by atoms with Gasteiger partial charge in [0, 0.05) is 17.5 Å². The van der Waals surface area contributed by atoms with Crippen LogP contribution in [-0.2, 0) is 21.0 Å². The second-order valence-electron chi connectivity index (χ2n) is 6.16. The van der Waals surface area contributed by atoms with Crippen LogP contribution in [0.3, 0.4) is 0 Å². The quantitative estimate of drug-likeness (QED) is 0.841. The lowest BCUT2D eigenvalue weighted by atomic mass is 9.88. The Morgan fingerprint density at radius 3 is 2.46 bits per heavy atom. The van der Waals surface area contributed by atoms with Gasteiger partial charge in [0.25, 0.3) is 0 Å². The first-order valence-electron chi connectivity index (χ1n) is 7.02. The van der Waals surface area contributed by atoms with E-state index in [0.717, 1.165) is 6.07 Å². The van der Waals surface area contributed by atoms with Crippen LogP contribution >= 0.6 is 11.6 Å². The third kappa shape index (κ3) is 4.20. The molecule has 1 aromatic carbocycles. The number of nitrogens with one attached hydrogen (secondary N) is 2. The number of hydrogen-bond acceptors (Lipinski definition) is 3. The third-order valence-electron chi connectivity index (χ3n) is 3.80. The number of hydrogen-bond donors (Lipinski definition) is 2. The molecule has 10 heteroatoms. The maximum atomic E-state index is 12.8. The Hall–Kier alpha value is -1.32. The van der Waals surface area contributed by atoms with Gasteiger partial charge in [0.05, 0.1) is 16.0 Å². The lowest BCUT2D eigenvalue weighted by molar-refractivity contribution is -0.137. The van der Waals surface area contributed by atoms with Crippen LogP contribution in [0.15, 0.2) is 23.1 Å². The van der Waals surface area contributed by atoms with Crippen molar-refractivity contribution < 1.29 is 26.4 Å². The highest BCUT2D eigenvalue weighted by Gasteiger charge is 2.39. The van der Waals surface area contributed by atoms with Crippen LogP contribution < -0.4 is 10.0 Å². The van der Waals surface area contributed by atoms with Crippen LogP contribution in [0.4, 0.5) is 13.2 Å². The molecule has 1 amide bonds. The van der Waals surface area contributed by atoms with E-state index in [-0.39, 0.29) is 23.8 Å². The summed E-state index contributed by atoms with van der Waals surface area (Å²) in [5.41, 5.74) is -2.01. The van der Waals surface area contributed by atoms with Crippen molar-refractivity contribution in [2.45, 2.75) is 49.3 Å². The van der Waals surface area contributed by atoms with E-state index >= 15 is 0 Å². The van der Waals surface area contributed by atoms with E-state index in [9.17, 15) is 26.4 Å². The molecule has 134 valence electrons.